The standard InChI is InChI=1S/C27H47NO5S/c1-17(5-10-25(30)28-18(2)16-34(31,32)33)22-8-9-23-21-7-6-19-15-20(29)11-13-26(19,3)24(21)12-14-27(22,23)4/h17-24,29H,5-16H2,1-4H3,(H,28,30)(H,31,32,33)/t17-,18+,19-,20-,21+,22-,23+,24+,26+,27-/m1/s1. The van der Waals surface area contributed by atoms with E-state index in [-0.39, 0.29) is 12.0 Å². The lowest BCUT2D eigenvalue weighted by molar-refractivity contribution is -0.130. The molecule has 0 aliphatic heterocycles. The molecule has 196 valence electrons. The van der Waals surface area contributed by atoms with Gasteiger partial charge in [0.05, 0.1) is 11.9 Å². The van der Waals surface area contributed by atoms with Crippen LogP contribution in [0.1, 0.15) is 98.3 Å². The molecule has 4 saturated carbocycles. The van der Waals surface area contributed by atoms with Gasteiger partial charge in [0.2, 0.25) is 5.91 Å². The van der Waals surface area contributed by atoms with Crippen LogP contribution in [-0.2, 0) is 14.9 Å². The van der Waals surface area contributed by atoms with Gasteiger partial charge >= 0.3 is 0 Å². The zero-order chi connectivity index (χ0) is 24.9. The number of nitrogens with one attached hydrogen (secondary N) is 1. The van der Waals surface area contributed by atoms with E-state index in [1.54, 1.807) is 6.92 Å². The van der Waals surface area contributed by atoms with Crippen LogP contribution >= 0.6 is 0 Å². The fourth-order valence-electron chi connectivity index (χ4n) is 9.48. The maximum Gasteiger partial charge on any atom is 0.266 e. The van der Waals surface area contributed by atoms with Crippen LogP contribution in [0.3, 0.4) is 0 Å². The molecule has 4 aliphatic rings. The van der Waals surface area contributed by atoms with E-state index >= 15 is 0 Å². The first kappa shape index (κ1) is 26.4. The summed E-state index contributed by atoms with van der Waals surface area (Å²) in [5, 5.41) is 13.0. The highest BCUT2D eigenvalue weighted by Crippen LogP contribution is 2.68. The van der Waals surface area contributed by atoms with Crippen LogP contribution in [-0.4, -0.2) is 41.9 Å². The summed E-state index contributed by atoms with van der Waals surface area (Å²) in [5.74, 6) is 3.63. The number of aliphatic hydroxyl groups excluding tert-OH is 1. The molecule has 0 spiro atoms. The average molecular weight is 498 g/mol. The molecule has 3 N–H and O–H groups in total. The molecule has 4 fully saturated rings. The van der Waals surface area contributed by atoms with E-state index < -0.39 is 21.9 Å². The zero-order valence-corrected chi connectivity index (χ0v) is 22.4. The lowest BCUT2D eigenvalue weighted by atomic mass is 9.44. The molecule has 0 aromatic carbocycles. The van der Waals surface area contributed by atoms with Gasteiger partial charge in [0.15, 0.2) is 0 Å². The van der Waals surface area contributed by atoms with Gasteiger partial charge in [-0.3, -0.25) is 9.35 Å². The number of aliphatic hydroxyl groups is 1. The predicted molar refractivity (Wildman–Crippen MR) is 134 cm³/mol. The van der Waals surface area contributed by atoms with Gasteiger partial charge in [-0.05, 0) is 117 Å². The van der Waals surface area contributed by atoms with Crippen molar-refractivity contribution >= 4 is 16.0 Å². The first-order valence-electron chi connectivity index (χ1n) is 13.8. The molecule has 0 aromatic rings. The van der Waals surface area contributed by atoms with E-state index in [0.29, 0.717) is 35.0 Å². The predicted octanol–water partition coefficient (Wildman–Crippen LogP) is 4.82. The highest BCUT2D eigenvalue weighted by molar-refractivity contribution is 7.85. The molecule has 0 bridgehead atoms. The van der Waals surface area contributed by atoms with Crippen molar-refractivity contribution in [1.29, 1.82) is 0 Å². The van der Waals surface area contributed by atoms with Gasteiger partial charge in [-0.1, -0.05) is 20.8 Å². The minimum absolute atomic E-state index is 0.0894. The second-order valence-electron chi connectivity index (χ2n) is 13.0. The molecule has 34 heavy (non-hydrogen) atoms. The molecule has 0 aromatic heterocycles. The van der Waals surface area contributed by atoms with E-state index in [1.165, 1.54) is 44.9 Å². The molecule has 0 unspecified atom stereocenters. The minimum Gasteiger partial charge on any atom is -0.393 e. The average Bonchev–Trinajstić information content (AvgIpc) is 3.08. The fourth-order valence-corrected chi connectivity index (χ4v) is 10.2. The molecule has 1 amide bonds. The lowest BCUT2D eigenvalue weighted by Crippen LogP contribution is -2.54. The molecule has 0 radical (unpaired) electrons. The van der Waals surface area contributed by atoms with Crippen molar-refractivity contribution in [3.63, 3.8) is 0 Å². The smallest absolute Gasteiger partial charge is 0.266 e. The first-order valence-corrected chi connectivity index (χ1v) is 15.4. The van der Waals surface area contributed by atoms with Gasteiger partial charge in [-0.15, -0.1) is 0 Å². The highest BCUT2D eigenvalue weighted by Gasteiger charge is 2.60. The summed E-state index contributed by atoms with van der Waals surface area (Å²) in [7, 11) is -4.09. The van der Waals surface area contributed by atoms with Crippen LogP contribution in [0.5, 0.6) is 0 Å². The molecule has 6 nitrogen and oxygen atoms in total. The summed E-state index contributed by atoms with van der Waals surface area (Å²) in [5.41, 5.74) is 0.761. The van der Waals surface area contributed by atoms with Crippen molar-refractivity contribution in [3.05, 3.63) is 0 Å². The van der Waals surface area contributed by atoms with Crippen molar-refractivity contribution in [3.8, 4) is 0 Å². The Morgan fingerprint density at radius 2 is 1.68 bits per heavy atom. The van der Waals surface area contributed by atoms with Gasteiger partial charge in [-0.25, -0.2) is 0 Å². The van der Waals surface area contributed by atoms with Gasteiger partial charge < -0.3 is 10.4 Å². The van der Waals surface area contributed by atoms with E-state index in [2.05, 4.69) is 26.1 Å². The number of hydrogen-bond donors (Lipinski definition) is 3. The van der Waals surface area contributed by atoms with Gasteiger partial charge in [-0.2, -0.15) is 8.42 Å². The number of hydrogen-bond acceptors (Lipinski definition) is 4. The molecular weight excluding hydrogens is 450 g/mol. The van der Waals surface area contributed by atoms with Crippen molar-refractivity contribution < 1.29 is 22.9 Å². The Hall–Kier alpha value is -0.660. The number of carbonyl (C=O) groups excluding carboxylic acids is 1. The van der Waals surface area contributed by atoms with Crippen LogP contribution in [0.2, 0.25) is 0 Å². The first-order chi connectivity index (χ1) is 15.8. The summed E-state index contributed by atoms with van der Waals surface area (Å²) in [4.78, 5) is 12.4. The van der Waals surface area contributed by atoms with Gasteiger partial charge in [0.25, 0.3) is 10.1 Å². The van der Waals surface area contributed by atoms with E-state index in [4.69, 9.17) is 4.55 Å². The molecule has 0 saturated heterocycles. The summed E-state index contributed by atoms with van der Waals surface area (Å²) < 4.78 is 31.1. The molecule has 7 heteroatoms. The van der Waals surface area contributed by atoms with E-state index in [0.717, 1.165) is 37.0 Å². The zero-order valence-electron chi connectivity index (χ0n) is 21.6. The van der Waals surface area contributed by atoms with Crippen LogP contribution in [0.15, 0.2) is 0 Å². The molecule has 0 heterocycles. The van der Waals surface area contributed by atoms with Gasteiger partial charge in [0.1, 0.15) is 0 Å². The van der Waals surface area contributed by atoms with E-state index in [9.17, 15) is 18.3 Å². The third-order valence-electron chi connectivity index (χ3n) is 11.1. The SMILES string of the molecule is C[C@H](CCC(=O)N[C@@H](C)CS(=O)(=O)O)[C@H]1CC[C@H]2[C@@H]3CC[C@@H]4C[C@H](O)CC[C@]4(C)[C@H]3CC[C@]12C. The summed E-state index contributed by atoms with van der Waals surface area (Å²) >= 11 is 0. The molecular formula is C27H47NO5S. The lowest BCUT2D eigenvalue weighted by Gasteiger charge is -2.61. The second-order valence-corrected chi connectivity index (χ2v) is 14.5. The largest absolute Gasteiger partial charge is 0.393 e. The second kappa shape index (κ2) is 9.66. The van der Waals surface area contributed by atoms with Crippen LogP contribution < -0.4 is 5.32 Å². The third-order valence-corrected chi connectivity index (χ3v) is 12.0. The summed E-state index contributed by atoms with van der Waals surface area (Å²) in [6.45, 7) is 8.99. The molecule has 10 atom stereocenters. The quantitative estimate of drug-likeness (QED) is 0.438. The Balaban J connectivity index is 1.36. The van der Waals surface area contributed by atoms with Crippen molar-refractivity contribution in [2.45, 2.75) is 110 Å². The Morgan fingerprint density at radius 1 is 1.00 bits per heavy atom. The number of fused-ring (bicyclic) bond motifs is 5. The molecule has 4 aliphatic carbocycles. The third kappa shape index (κ3) is 5.08. The maximum atomic E-state index is 12.4. The van der Waals surface area contributed by atoms with Crippen molar-refractivity contribution in [2.24, 2.45) is 46.3 Å². The number of amides is 1. The van der Waals surface area contributed by atoms with Crippen LogP contribution in [0.25, 0.3) is 0 Å². The maximum absolute atomic E-state index is 12.4. The summed E-state index contributed by atoms with van der Waals surface area (Å²) in [6.07, 6.45) is 12.1. The van der Waals surface area contributed by atoms with Crippen molar-refractivity contribution in [1.82, 2.24) is 5.32 Å². The highest BCUT2D eigenvalue weighted by atomic mass is 32.2. The Labute approximate surface area is 206 Å². The Bertz CT molecular complexity index is 861. The normalized spacial score (nSPS) is 43.8. The number of carbonyl (C=O) groups is 1. The summed E-state index contributed by atoms with van der Waals surface area (Å²) in [6, 6.07) is -0.584. The number of rotatable bonds is 7. The minimum atomic E-state index is -4.09. The fraction of sp³-hybridized carbons (Fsp3) is 0.963. The van der Waals surface area contributed by atoms with Crippen LogP contribution in [0.4, 0.5) is 0 Å². The Morgan fingerprint density at radius 3 is 2.38 bits per heavy atom. The van der Waals surface area contributed by atoms with Crippen LogP contribution in [0, 0.1) is 46.3 Å². The monoisotopic (exact) mass is 497 g/mol. The molecule has 4 rings (SSSR count). The topological polar surface area (TPSA) is 104 Å². The van der Waals surface area contributed by atoms with Gasteiger partial charge in [0, 0.05) is 12.5 Å². The van der Waals surface area contributed by atoms with Crippen molar-refractivity contribution in [2.75, 3.05) is 5.75 Å². The Kier molecular flexibility index (Phi) is 7.50. The van der Waals surface area contributed by atoms with E-state index in [1.807, 2.05) is 0 Å².